The zero-order valence-corrected chi connectivity index (χ0v) is 21.6. The van der Waals surface area contributed by atoms with Crippen molar-refractivity contribution in [2.45, 2.75) is 38.2 Å². The van der Waals surface area contributed by atoms with E-state index in [-0.39, 0.29) is 18.9 Å². The molecule has 1 atom stereocenters. The number of fused-ring (bicyclic) bond motifs is 2. The van der Waals surface area contributed by atoms with Crippen molar-refractivity contribution in [3.8, 4) is 5.75 Å². The number of aliphatic hydroxyl groups excluding tert-OH is 1. The van der Waals surface area contributed by atoms with E-state index in [1.165, 1.54) is 27.8 Å². The number of piperidine rings is 1. The van der Waals surface area contributed by atoms with E-state index >= 15 is 0 Å². The smallest absolute Gasteiger partial charge is 0.221 e. The molecule has 0 saturated carbocycles. The highest BCUT2D eigenvalue weighted by molar-refractivity contribution is 6.30. The summed E-state index contributed by atoms with van der Waals surface area (Å²) in [5, 5.41) is 11.4. The molecule has 1 fully saturated rings. The van der Waals surface area contributed by atoms with E-state index in [1.807, 2.05) is 30.5 Å². The third kappa shape index (κ3) is 6.21. The molecule has 5 rings (SSSR count). The Morgan fingerprint density at radius 3 is 2.57 bits per heavy atom. The first-order valence-corrected chi connectivity index (χ1v) is 13.2. The van der Waals surface area contributed by atoms with Crippen LogP contribution in [0.5, 0.6) is 5.75 Å². The normalized spacial score (nSPS) is 16.5. The van der Waals surface area contributed by atoms with Crippen LogP contribution >= 0.6 is 11.6 Å². The number of hydrogen-bond acceptors (Lipinski definition) is 5. The van der Waals surface area contributed by atoms with Gasteiger partial charge >= 0.3 is 0 Å². The molecule has 2 aliphatic rings. The van der Waals surface area contributed by atoms with E-state index in [4.69, 9.17) is 27.1 Å². The van der Waals surface area contributed by atoms with Gasteiger partial charge in [-0.15, -0.1) is 0 Å². The highest BCUT2D eigenvalue weighted by Crippen LogP contribution is 2.38. The Hall–Kier alpha value is -3.19. The van der Waals surface area contributed by atoms with Crippen molar-refractivity contribution in [3.63, 3.8) is 0 Å². The Kier molecular flexibility index (Phi) is 7.89. The summed E-state index contributed by atoms with van der Waals surface area (Å²) in [5.74, 6) is 0.300. The zero-order valence-electron chi connectivity index (χ0n) is 20.8. The lowest BCUT2D eigenvalue weighted by atomic mass is 9.88. The predicted molar refractivity (Wildman–Crippen MR) is 146 cm³/mol. The molecular weight excluding hydrogens is 486 g/mol. The fraction of sp³-hybridized carbons (Fsp3) is 0.333. The van der Waals surface area contributed by atoms with Crippen LogP contribution in [0.25, 0.3) is 5.57 Å². The number of hydrogen-bond donors (Lipinski definition) is 2. The number of carbonyl (C=O) groups excluding carboxylic acids is 1. The molecule has 1 aromatic heterocycles. The first kappa shape index (κ1) is 25.5. The van der Waals surface area contributed by atoms with Crippen LogP contribution in [0.1, 0.15) is 40.8 Å². The van der Waals surface area contributed by atoms with Crippen LogP contribution in [0, 0.1) is 0 Å². The van der Waals surface area contributed by atoms with E-state index < -0.39 is 6.10 Å². The maximum absolute atomic E-state index is 11.0. The summed E-state index contributed by atoms with van der Waals surface area (Å²) < 4.78 is 5.77. The van der Waals surface area contributed by atoms with Gasteiger partial charge in [0, 0.05) is 36.4 Å². The average molecular weight is 518 g/mol. The second-order valence-corrected chi connectivity index (χ2v) is 10.3. The number of nitrogens with two attached hydrogens (primary N) is 1. The number of carbonyl (C=O) groups is 1. The number of β-amino-alcohol motifs (C(OH)–C–C–N with tert-alkyl or cyclic N) is 1. The number of halogens is 1. The van der Waals surface area contributed by atoms with Crippen molar-refractivity contribution in [1.82, 2.24) is 9.88 Å². The topological polar surface area (TPSA) is 88.7 Å². The van der Waals surface area contributed by atoms with E-state index in [1.54, 1.807) is 12.1 Å². The lowest BCUT2D eigenvalue weighted by Gasteiger charge is -2.31. The SMILES string of the molecule is NC(=O)Cc1ccc(OCC(O)CN2CCC(=C3c4ccc(Cl)cc4CCc4cccnc43)CC2)cc1. The monoisotopic (exact) mass is 517 g/mol. The molecule has 1 amide bonds. The number of nitrogens with zero attached hydrogens (tertiary/aromatic N) is 2. The molecule has 192 valence electrons. The van der Waals surface area contributed by atoms with Gasteiger partial charge in [-0.25, -0.2) is 0 Å². The van der Waals surface area contributed by atoms with E-state index in [0.29, 0.717) is 12.3 Å². The number of aliphatic hydroxyl groups is 1. The first-order valence-electron chi connectivity index (χ1n) is 12.8. The maximum Gasteiger partial charge on any atom is 0.221 e. The summed E-state index contributed by atoms with van der Waals surface area (Å²) in [6.45, 7) is 2.53. The summed E-state index contributed by atoms with van der Waals surface area (Å²) in [4.78, 5) is 18.2. The molecular formula is C30H32ClN3O3. The number of aryl methyl sites for hydroxylation is 2. The fourth-order valence-corrected chi connectivity index (χ4v) is 5.53. The van der Waals surface area contributed by atoms with Crippen molar-refractivity contribution in [2.75, 3.05) is 26.2 Å². The lowest BCUT2D eigenvalue weighted by molar-refractivity contribution is -0.117. The number of aromatic nitrogens is 1. The molecule has 1 saturated heterocycles. The second-order valence-electron chi connectivity index (χ2n) is 9.84. The number of rotatable bonds is 7. The van der Waals surface area contributed by atoms with Gasteiger partial charge in [0.05, 0.1) is 12.1 Å². The van der Waals surface area contributed by atoms with Gasteiger partial charge in [-0.1, -0.05) is 41.4 Å². The van der Waals surface area contributed by atoms with Crippen LogP contribution < -0.4 is 10.5 Å². The van der Waals surface area contributed by atoms with E-state index in [0.717, 1.165) is 55.1 Å². The highest BCUT2D eigenvalue weighted by atomic mass is 35.5. The van der Waals surface area contributed by atoms with Crippen LogP contribution in [0.2, 0.25) is 5.02 Å². The highest BCUT2D eigenvalue weighted by Gasteiger charge is 2.25. The predicted octanol–water partition coefficient (Wildman–Crippen LogP) is 4.20. The van der Waals surface area contributed by atoms with Gasteiger partial charge in [-0.05, 0) is 78.3 Å². The van der Waals surface area contributed by atoms with Gasteiger partial charge in [0.25, 0.3) is 0 Å². The maximum atomic E-state index is 11.0. The van der Waals surface area contributed by atoms with E-state index in [2.05, 4.69) is 23.1 Å². The minimum absolute atomic E-state index is 0.205. The number of likely N-dealkylation sites (tertiary alicyclic amines) is 1. The number of amides is 1. The Morgan fingerprint density at radius 1 is 1.05 bits per heavy atom. The molecule has 0 spiro atoms. The summed E-state index contributed by atoms with van der Waals surface area (Å²) in [6, 6.07) is 17.7. The molecule has 3 aromatic rings. The first-order chi connectivity index (χ1) is 18.0. The van der Waals surface area contributed by atoms with Crippen LogP contribution in [0.3, 0.4) is 0 Å². The molecule has 6 nitrogen and oxygen atoms in total. The van der Waals surface area contributed by atoms with Gasteiger partial charge < -0.3 is 15.6 Å². The molecule has 1 unspecified atom stereocenters. The summed E-state index contributed by atoms with van der Waals surface area (Å²) >= 11 is 6.34. The zero-order chi connectivity index (χ0) is 25.8. The Bertz CT molecular complexity index is 1300. The second kappa shape index (κ2) is 11.5. The summed E-state index contributed by atoms with van der Waals surface area (Å²) in [6.07, 6.45) is 5.28. The van der Waals surface area contributed by atoms with Crippen molar-refractivity contribution < 1.29 is 14.6 Å². The third-order valence-electron chi connectivity index (χ3n) is 7.15. The quantitative estimate of drug-likeness (QED) is 0.490. The van der Waals surface area contributed by atoms with Crippen molar-refractivity contribution >= 4 is 23.1 Å². The molecule has 7 heteroatoms. The molecule has 0 bridgehead atoms. The summed E-state index contributed by atoms with van der Waals surface area (Å²) in [5.41, 5.74) is 13.7. The van der Waals surface area contributed by atoms with Crippen LogP contribution in [0.4, 0.5) is 0 Å². The largest absolute Gasteiger partial charge is 0.491 e. The third-order valence-corrected chi connectivity index (χ3v) is 7.39. The van der Waals surface area contributed by atoms with Gasteiger partial charge in [0.15, 0.2) is 0 Å². The van der Waals surface area contributed by atoms with Crippen LogP contribution in [0.15, 0.2) is 66.4 Å². The van der Waals surface area contributed by atoms with Crippen LogP contribution in [-0.2, 0) is 24.1 Å². The standard InChI is InChI=1S/C30H32ClN3O3/c31-24-7-10-27-23(17-24)6-5-22-2-1-13-33-30(22)29(27)21-11-14-34(15-12-21)18-25(35)19-37-26-8-3-20(4-9-26)16-28(32)36/h1-4,7-10,13,17,25,35H,5-6,11-12,14-16,18-19H2,(H2,32,36). The summed E-state index contributed by atoms with van der Waals surface area (Å²) in [7, 11) is 0. The van der Waals surface area contributed by atoms with Gasteiger partial charge in [-0.2, -0.15) is 0 Å². The minimum atomic E-state index is -0.595. The van der Waals surface area contributed by atoms with E-state index in [9.17, 15) is 9.90 Å². The number of primary amides is 1. The number of pyridine rings is 1. The Balaban J connectivity index is 1.23. The van der Waals surface area contributed by atoms with Crippen molar-refractivity contribution in [1.29, 1.82) is 0 Å². The minimum Gasteiger partial charge on any atom is -0.491 e. The van der Waals surface area contributed by atoms with Gasteiger partial charge in [0.1, 0.15) is 18.5 Å². The van der Waals surface area contributed by atoms with Crippen LogP contribution in [-0.4, -0.2) is 53.2 Å². The number of ether oxygens (including phenoxy) is 1. The number of benzene rings is 2. The molecule has 37 heavy (non-hydrogen) atoms. The molecule has 0 radical (unpaired) electrons. The lowest BCUT2D eigenvalue weighted by Crippen LogP contribution is -2.39. The molecule has 1 aliphatic heterocycles. The average Bonchev–Trinajstić information content (AvgIpc) is 3.05. The van der Waals surface area contributed by atoms with Gasteiger partial charge in [-0.3, -0.25) is 14.7 Å². The van der Waals surface area contributed by atoms with Gasteiger partial charge in [0.2, 0.25) is 5.91 Å². The van der Waals surface area contributed by atoms with Crippen molar-refractivity contribution in [3.05, 3.63) is 99.3 Å². The molecule has 3 N–H and O–H groups in total. The molecule has 1 aliphatic carbocycles. The fourth-order valence-electron chi connectivity index (χ4n) is 5.34. The Labute approximate surface area is 222 Å². The van der Waals surface area contributed by atoms with Crippen molar-refractivity contribution in [2.24, 2.45) is 5.73 Å². The molecule has 2 heterocycles. The Morgan fingerprint density at radius 2 is 1.81 bits per heavy atom. The molecule has 2 aromatic carbocycles.